The number of aryl methyl sites for hydroxylation is 1. The third-order valence-electron chi connectivity index (χ3n) is 4.24. The number of hydrogen-bond donors (Lipinski definition) is 0. The van der Waals surface area contributed by atoms with Gasteiger partial charge in [0.25, 0.3) is 0 Å². The number of carbonyl (C=O) groups is 1. The molecule has 0 unspecified atom stereocenters. The first-order valence-corrected chi connectivity index (χ1v) is 9.41. The van der Waals surface area contributed by atoms with Crippen LogP contribution in [0.15, 0.2) is 10.5 Å². The monoisotopic (exact) mass is 442 g/mol. The van der Waals surface area contributed by atoms with Gasteiger partial charge in [0.2, 0.25) is 0 Å². The Bertz CT molecular complexity index is 893. The average molecular weight is 443 g/mol. The highest BCUT2D eigenvalue weighted by molar-refractivity contribution is 9.10. The highest BCUT2D eigenvalue weighted by Crippen LogP contribution is 2.32. The highest BCUT2D eigenvalue weighted by Gasteiger charge is 2.28. The first-order chi connectivity index (χ1) is 12.6. The topological polar surface area (TPSA) is 58.6 Å². The molecule has 0 aliphatic carbocycles. The fourth-order valence-corrected chi connectivity index (χ4v) is 3.26. The van der Waals surface area contributed by atoms with Crippen LogP contribution < -0.4 is 4.90 Å². The van der Waals surface area contributed by atoms with Crippen molar-refractivity contribution < 1.29 is 18.3 Å². The number of amides is 1. The predicted octanol–water partition coefficient (Wildman–Crippen LogP) is 4.04. The Morgan fingerprint density at radius 1 is 1.19 bits per heavy atom. The zero-order valence-electron chi connectivity index (χ0n) is 15.6. The second-order valence-corrected chi connectivity index (χ2v) is 8.28. The van der Waals surface area contributed by atoms with E-state index in [1.54, 1.807) is 17.9 Å². The second kappa shape index (κ2) is 7.18. The maximum atomic E-state index is 14.5. The number of fused-ring (bicyclic) bond motifs is 1. The number of aromatic nitrogens is 2. The summed E-state index contributed by atoms with van der Waals surface area (Å²) in [5.41, 5.74) is 0.0382. The third-order valence-corrected chi connectivity index (χ3v) is 5.21. The Balaban J connectivity index is 1.86. The molecule has 1 fully saturated rings. The molecule has 0 spiro atoms. The van der Waals surface area contributed by atoms with E-state index >= 15 is 0 Å². The van der Waals surface area contributed by atoms with Crippen molar-refractivity contribution in [1.29, 1.82) is 0 Å². The number of piperazine rings is 1. The molecule has 1 aliphatic heterocycles. The lowest BCUT2D eigenvalue weighted by Gasteiger charge is -2.36. The molecule has 0 N–H and O–H groups in total. The molecule has 2 heterocycles. The van der Waals surface area contributed by atoms with Crippen LogP contribution in [0.4, 0.5) is 19.4 Å². The smallest absolute Gasteiger partial charge is 0.410 e. The number of carbonyl (C=O) groups excluding carboxylic acids is 1. The van der Waals surface area contributed by atoms with Gasteiger partial charge in [-0.25, -0.2) is 9.18 Å². The molecule has 6 nitrogen and oxygen atoms in total. The zero-order valence-corrected chi connectivity index (χ0v) is 17.2. The Hall–Kier alpha value is -2.03. The number of nitrogens with zero attached hydrogens (tertiary/aromatic N) is 4. The van der Waals surface area contributed by atoms with Crippen molar-refractivity contribution in [2.75, 3.05) is 31.1 Å². The summed E-state index contributed by atoms with van der Waals surface area (Å²) in [5.74, 6) is -0.282. The van der Waals surface area contributed by atoms with E-state index in [4.69, 9.17) is 4.74 Å². The maximum Gasteiger partial charge on any atom is 0.410 e. The van der Waals surface area contributed by atoms with Crippen LogP contribution in [-0.2, 0) is 4.74 Å². The maximum absolute atomic E-state index is 14.5. The SMILES string of the molecule is Cc1cc2c(N3CCN(C(=O)OC(C)(C)C)CC3)nc(F)nc2c(F)c1Br. The molecular weight excluding hydrogens is 422 g/mol. The Labute approximate surface area is 164 Å². The number of ether oxygens (including phenoxy) is 1. The minimum Gasteiger partial charge on any atom is -0.444 e. The van der Waals surface area contributed by atoms with Crippen molar-refractivity contribution in [2.45, 2.75) is 33.3 Å². The fourth-order valence-electron chi connectivity index (χ4n) is 2.96. The van der Waals surface area contributed by atoms with Crippen molar-refractivity contribution in [3.05, 3.63) is 28.0 Å². The van der Waals surface area contributed by atoms with Gasteiger partial charge in [-0.2, -0.15) is 14.4 Å². The summed E-state index contributed by atoms with van der Waals surface area (Å²) in [5, 5.41) is 0.445. The number of halogens is 3. The van der Waals surface area contributed by atoms with E-state index in [1.807, 2.05) is 25.7 Å². The van der Waals surface area contributed by atoms with Crippen LogP contribution in [-0.4, -0.2) is 52.7 Å². The van der Waals surface area contributed by atoms with E-state index in [0.29, 0.717) is 42.9 Å². The van der Waals surface area contributed by atoms with Gasteiger partial charge in [0.05, 0.1) is 4.47 Å². The van der Waals surface area contributed by atoms with Crippen LogP contribution in [0.3, 0.4) is 0 Å². The van der Waals surface area contributed by atoms with Crippen LogP contribution in [0, 0.1) is 18.8 Å². The molecule has 9 heteroatoms. The van der Waals surface area contributed by atoms with Crippen LogP contribution in [0.5, 0.6) is 0 Å². The number of hydrogen-bond acceptors (Lipinski definition) is 5. The van der Waals surface area contributed by atoms with Gasteiger partial charge in [0.1, 0.15) is 16.9 Å². The molecular formula is C18H21BrF2N4O2. The normalized spacial score (nSPS) is 15.4. The zero-order chi connectivity index (χ0) is 19.9. The van der Waals surface area contributed by atoms with Crippen molar-refractivity contribution in [2.24, 2.45) is 0 Å². The molecule has 3 rings (SSSR count). The largest absolute Gasteiger partial charge is 0.444 e. The van der Waals surface area contributed by atoms with Crippen molar-refractivity contribution in [3.63, 3.8) is 0 Å². The summed E-state index contributed by atoms with van der Waals surface area (Å²) in [6.07, 6.45) is -1.37. The third kappa shape index (κ3) is 4.12. The summed E-state index contributed by atoms with van der Waals surface area (Å²) in [6.45, 7) is 8.85. The van der Waals surface area contributed by atoms with E-state index in [1.165, 1.54) is 0 Å². The minimum atomic E-state index is -0.985. The summed E-state index contributed by atoms with van der Waals surface area (Å²) in [4.78, 5) is 23.1. The quantitative estimate of drug-likeness (QED) is 0.623. The van der Waals surface area contributed by atoms with Gasteiger partial charge in [-0.3, -0.25) is 0 Å². The van der Waals surface area contributed by atoms with E-state index in [-0.39, 0.29) is 16.1 Å². The van der Waals surface area contributed by atoms with E-state index in [0.717, 1.165) is 0 Å². The standard InChI is InChI=1S/C18H21BrF2N4O2/c1-10-9-11-14(13(20)12(10)19)22-16(21)23-15(11)24-5-7-25(8-6-24)17(26)27-18(2,3)4/h9H,5-8H2,1-4H3. The van der Waals surface area contributed by atoms with Crippen molar-refractivity contribution in [3.8, 4) is 0 Å². The van der Waals surface area contributed by atoms with Crippen LogP contribution in [0.2, 0.25) is 0 Å². The summed E-state index contributed by atoms with van der Waals surface area (Å²) in [6, 6.07) is 1.73. The molecule has 1 aromatic heterocycles. The highest BCUT2D eigenvalue weighted by atomic mass is 79.9. The van der Waals surface area contributed by atoms with Crippen molar-refractivity contribution in [1.82, 2.24) is 14.9 Å². The van der Waals surface area contributed by atoms with Gasteiger partial charge in [-0.05, 0) is 55.3 Å². The number of benzene rings is 1. The molecule has 27 heavy (non-hydrogen) atoms. The number of rotatable bonds is 1. The van der Waals surface area contributed by atoms with Crippen LogP contribution in [0.25, 0.3) is 10.9 Å². The van der Waals surface area contributed by atoms with E-state index < -0.39 is 17.5 Å². The molecule has 146 valence electrons. The average Bonchev–Trinajstić information content (AvgIpc) is 2.59. The second-order valence-electron chi connectivity index (χ2n) is 7.49. The number of anilines is 1. The van der Waals surface area contributed by atoms with Crippen LogP contribution in [0.1, 0.15) is 26.3 Å². The molecule has 0 saturated carbocycles. The van der Waals surface area contributed by atoms with Crippen LogP contribution >= 0.6 is 15.9 Å². The van der Waals surface area contributed by atoms with Gasteiger partial charge in [-0.15, -0.1) is 0 Å². The Morgan fingerprint density at radius 3 is 2.41 bits per heavy atom. The van der Waals surface area contributed by atoms with Gasteiger partial charge in [-0.1, -0.05) is 0 Å². The molecule has 1 aromatic carbocycles. The fraction of sp³-hybridized carbons (Fsp3) is 0.500. The van der Waals surface area contributed by atoms with Crippen molar-refractivity contribution >= 4 is 38.7 Å². The first-order valence-electron chi connectivity index (χ1n) is 8.61. The predicted molar refractivity (Wildman–Crippen MR) is 102 cm³/mol. The van der Waals surface area contributed by atoms with E-state index in [9.17, 15) is 13.6 Å². The lowest BCUT2D eigenvalue weighted by Crippen LogP contribution is -2.50. The van der Waals surface area contributed by atoms with Gasteiger partial charge >= 0.3 is 12.2 Å². The van der Waals surface area contributed by atoms with Gasteiger partial charge in [0.15, 0.2) is 5.82 Å². The summed E-state index contributed by atoms with van der Waals surface area (Å²) in [7, 11) is 0. The summed E-state index contributed by atoms with van der Waals surface area (Å²) >= 11 is 3.16. The lowest BCUT2D eigenvalue weighted by atomic mass is 10.1. The van der Waals surface area contributed by atoms with Gasteiger partial charge in [0, 0.05) is 31.6 Å². The van der Waals surface area contributed by atoms with Gasteiger partial charge < -0.3 is 14.5 Å². The Kier molecular flexibility index (Phi) is 5.24. The molecule has 1 saturated heterocycles. The molecule has 0 radical (unpaired) electrons. The Morgan fingerprint density at radius 2 is 1.81 bits per heavy atom. The molecule has 0 atom stereocenters. The molecule has 2 aromatic rings. The minimum absolute atomic E-state index is 0.0652. The molecule has 0 bridgehead atoms. The molecule has 1 aliphatic rings. The summed E-state index contributed by atoms with van der Waals surface area (Å²) < 4.78 is 34.1. The lowest BCUT2D eigenvalue weighted by molar-refractivity contribution is 0.0240. The molecule has 1 amide bonds. The van der Waals surface area contributed by atoms with E-state index in [2.05, 4.69) is 25.9 Å². The first kappa shape index (κ1) is 19.7.